The average molecular weight is 237 g/mol. The normalized spacial score (nSPS) is 17.2. The van der Waals surface area contributed by atoms with E-state index >= 15 is 0 Å². The van der Waals surface area contributed by atoms with E-state index in [0.717, 1.165) is 12.8 Å². The number of nitrogens with zero attached hydrogens (tertiary/aromatic N) is 2. The minimum absolute atomic E-state index is 0.0550. The van der Waals surface area contributed by atoms with E-state index < -0.39 is 5.97 Å². The number of carboxylic acids is 1. The van der Waals surface area contributed by atoms with Gasteiger partial charge in [-0.2, -0.15) is 0 Å². The largest absolute Gasteiger partial charge is 0.476 e. The van der Waals surface area contributed by atoms with Crippen LogP contribution in [0.2, 0.25) is 0 Å². The van der Waals surface area contributed by atoms with Gasteiger partial charge >= 0.3 is 5.97 Å². The molecule has 0 amide bonds. The molecule has 0 radical (unpaired) electrons. The summed E-state index contributed by atoms with van der Waals surface area (Å²) in [6.45, 7) is 0.671. The zero-order chi connectivity index (χ0) is 12.3. The highest BCUT2D eigenvalue weighted by Crippen LogP contribution is 2.34. The molecule has 1 saturated carbocycles. The highest BCUT2D eigenvalue weighted by atomic mass is 16.5. The lowest BCUT2D eigenvalue weighted by Crippen LogP contribution is -2.45. The molecule has 17 heavy (non-hydrogen) atoms. The average Bonchev–Trinajstić information content (AvgIpc) is 2.29. The van der Waals surface area contributed by atoms with Gasteiger partial charge in [0.25, 0.3) is 0 Å². The first-order valence-electron chi connectivity index (χ1n) is 5.51. The second kappa shape index (κ2) is 4.67. The summed E-state index contributed by atoms with van der Waals surface area (Å²) in [7, 11) is 1.71. The van der Waals surface area contributed by atoms with Gasteiger partial charge in [-0.05, 0) is 31.4 Å². The van der Waals surface area contributed by atoms with Crippen LogP contribution in [0.1, 0.15) is 29.8 Å². The second-order valence-corrected chi connectivity index (χ2v) is 4.20. The summed E-state index contributed by atoms with van der Waals surface area (Å²) in [4.78, 5) is 10.6. The van der Waals surface area contributed by atoms with Crippen molar-refractivity contribution in [1.29, 1.82) is 0 Å². The number of methoxy groups -OCH3 is 1. The summed E-state index contributed by atoms with van der Waals surface area (Å²) < 4.78 is 5.45. The van der Waals surface area contributed by atoms with Gasteiger partial charge in [0.15, 0.2) is 5.69 Å². The highest BCUT2D eigenvalue weighted by molar-refractivity contribution is 5.85. The van der Waals surface area contributed by atoms with E-state index in [2.05, 4.69) is 15.5 Å². The fourth-order valence-corrected chi connectivity index (χ4v) is 1.82. The molecule has 6 heteroatoms. The Morgan fingerprint density at radius 2 is 2.29 bits per heavy atom. The van der Waals surface area contributed by atoms with Gasteiger partial charge in [-0.15, -0.1) is 10.2 Å². The first kappa shape index (κ1) is 11.8. The monoisotopic (exact) mass is 237 g/mol. The summed E-state index contributed by atoms with van der Waals surface area (Å²) in [5.74, 6) is -0.505. The van der Waals surface area contributed by atoms with E-state index in [1.54, 1.807) is 13.2 Å². The molecule has 2 N–H and O–H groups in total. The number of nitrogens with one attached hydrogen (secondary N) is 1. The van der Waals surface area contributed by atoms with Gasteiger partial charge in [-0.25, -0.2) is 4.79 Å². The lowest BCUT2D eigenvalue weighted by atomic mass is 9.80. The highest BCUT2D eigenvalue weighted by Gasteiger charge is 2.36. The van der Waals surface area contributed by atoms with E-state index in [9.17, 15) is 4.79 Å². The standard InChI is InChI=1S/C11H15N3O3/c1-17-11(5-2-6-11)7-12-9-4-3-8(10(15)16)13-14-9/h3-4H,2,5-7H2,1H3,(H,12,14)(H,15,16). The number of hydrogen-bond donors (Lipinski definition) is 2. The number of anilines is 1. The van der Waals surface area contributed by atoms with Crippen molar-refractivity contribution in [1.82, 2.24) is 10.2 Å². The molecule has 1 fully saturated rings. The molecule has 0 bridgehead atoms. The van der Waals surface area contributed by atoms with Crippen molar-refractivity contribution in [2.24, 2.45) is 0 Å². The van der Waals surface area contributed by atoms with Gasteiger partial charge in [-0.1, -0.05) is 0 Å². The molecule has 1 aromatic heterocycles. The minimum atomic E-state index is -1.07. The Labute approximate surface area is 99.0 Å². The quantitative estimate of drug-likeness (QED) is 0.799. The molecule has 1 heterocycles. The maximum Gasteiger partial charge on any atom is 0.356 e. The maximum absolute atomic E-state index is 10.6. The Balaban J connectivity index is 1.93. The molecule has 0 aliphatic heterocycles. The van der Waals surface area contributed by atoms with Crippen LogP contribution in [0, 0.1) is 0 Å². The topological polar surface area (TPSA) is 84.3 Å². The van der Waals surface area contributed by atoms with Crippen LogP contribution < -0.4 is 5.32 Å². The molecule has 1 aliphatic carbocycles. The fraction of sp³-hybridized carbons (Fsp3) is 0.545. The van der Waals surface area contributed by atoms with E-state index in [1.807, 2.05) is 0 Å². The Bertz CT molecular complexity index is 395. The fourth-order valence-electron chi connectivity index (χ4n) is 1.82. The zero-order valence-electron chi connectivity index (χ0n) is 9.64. The summed E-state index contributed by atoms with van der Waals surface area (Å²) in [5, 5.41) is 19.2. The SMILES string of the molecule is COC1(CNc2ccc(C(=O)O)nn2)CCC1. The molecule has 0 aromatic carbocycles. The first-order chi connectivity index (χ1) is 8.15. The third kappa shape index (κ3) is 2.52. The molecule has 6 nitrogen and oxygen atoms in total. The predicted molar refractivity (Wildman–Crippen MR) is 61.1 cm³/mol. The summed E-state index contributed by atoms with van der Waals surface area (Å²) in [6.07, 6.45) is 3.26. The summed E-state index contributed by atoms with van der Waals surface area (Å²) >= 11 is 0. The van der Waals surface area contributed by atoms with E-state index in [0.29, 0.717) is 12.4 Å². The zero-order valence-corrected chi connectivity index (χ0v) is 9.64. The van der Waals surface area contributed by atoms with Crippen LogP contribution in [0.3, 0.4) is 0 Å². The van der Waals surface area contributed by atoms with E-state index in [-0.39, 0.29) is 11.3 Å². The number of rotatable bonds is 5. The van der Waals surface area contributed by atoms with Gasteiger partial charge in [0.05, 0.1) is 5.60 Å². The molecule has 0 unspecified atom stereocenters. The molecule has 0 spiro atoms. The van der Waals surface area contributed by atoms with Crippen molar-refractivity contribution in [3.8, 4) is 0 Å². The number of aromatic carboxylic acids is 1. The lowest BCUT2D eigenvalue weighted by molar-refractivity contribution is -0.0601. The minimum Gasteiger partial charge on any atom is -0.476 e. The van der Waals surface area contributed by atoms with Crippen molar-refractivity contribution >= 4 is 11.8 Å². The lowest BCUT2D eigenvalue weighted by Gasteiger charge is -2.40. The van der Waals surface area contributed by atoms with Crippen molar-refractivity contribution in [3.63, 3.8) is 0 Å². The predicted octanol–water partition coefficient (Wildman–Crippen LogP) is 1.16. The second-order valence-electron chi connectivity index (χ2n) is 4.20. The van der Waals surface area contributed by atoms with Gasteiger partial charge in [0.1, 0.15) is 5.82 Å². The first-order valence-corrected chi connectivity index (χ1v) is 5.51. The van der Waals surface area contributed by atoms with Crippen molar-refractivity contribution < 1.29 is 14.6 Å². The Hall–Kier alpha value is -1.69. The van der Waals surface area contributed by atoms with Crippen molar-refractivity contribution in [2.45, 2.75) is 24.9 Å². The van der Waals surface area contributed by atoms with Crippen LogP contribution in [-0.4, -0.2) is 40.5 Å². The third-order valence-electron chi connectivity index (χ3n) is 3.17. The Kier molecular flexibility index (Phi) is 3.23. The van der Waals surface area contributed by atoms with Crippen LogP contribution in [0.4, 0.5) is 5.82 Å². The van der Waals surface area contributed by atoms with Crippen LogP contribution in [0.15, 0.2) is 12.1 Å². The van der Waals surface area contributed by atoms with Gasteiger partial charge in [0.2, 0.25) is 0 Å². The molecule has 0 atom stereocenters. The van der Waals surface area contributed by atoms with Gasteiger partial charge in [-0.3, -0.25) is 0 Å². The third-order valence-corrected chi connectivity index (χ3v) is 3.17. The number of aromatic nitrogens is 2. The number of ether oxygens (including phenoxy) is 1. The molecular formula is C11H15N3O3. The molecular weight excluding hydrogens is 222 g/mol. The van der Waals surface area contributed by atoms with Crippen molar-refractivity contribution in [3.05, 3.63) is 17.8 Å². The number of carbonyl (C=O) groups is 1. The van der Waals surface area contributed by atoms with E-state index in [4.69, 9.17) is 9.84 Å². The van der Waals surface area contributed by atoms with Crippen LogP contribution >= 0.6 is 0 Å². The Morgan fingerprint density at radius 1 is 1.53 bits per heavy atom. The van der Waals surface area contributed by atoms with Crippen LogP contribution in [-0.2, 0) is 4.74 Å². The number of carboxylic acid groups (broad SMARTS) is 1. The molecule has 0 saturated heterocycles. The molecule has 2 rings (SSSR count). The maximum atomic E-state index is 10.6. The molecule has 1 aromatic rings. The summed E-state index contributed by atoms with van der Waals surface area (Å²) in [5.41, 5.74) is -0.145. The van der Waals surface area contributed by atoms with E-state index in [1.165, 1.54) is 12.5 Å². The molecule has 1 aliphatic rings. The van der Waals surface area contributed by atoms with Crippen molar-refractivity contribution in [2.75, 3.05) is 19.0 Å². The molecule has 92 valence electrons. The Morgan fingerprint density at radius 3 is 2.71 bits per heavy atom. The number of hydrogen-bond acceptors (Lipinski definition) is 5. The van der Waals surface area contributed by atoms with Crippen LogP contribution in [0.5, 0.6) is 0 Å². The summed E-state index contributed by atoms with van der Waals surface area (Å²) in [6, 6.07) is 3.04. The van der Waals surface area contributed by atoms with Gasteiger partial charge < -0.3 is 15.2 Å². The smallest absolute Gasteiger partial charge is 0.356 e. The van der Waals surface area contributed by atoms with Gasteiger partial charge in [0, 0.05) is 13.7 Å². The van der Waals surface area contributed by atoms with Crippen LogP contribution in [0.25, 0.3) is 0 Å².